The molecule has 5 heteroatoms. The normalized spacial score (nSPS) is 10.8. The van der Waals surface area contributed by atoms with E-state index < -0.39 is 0 Å². The van der Waals surface area contributed by atoms with Crippen LogP contribution >= 0.6 is 11.3 Å². The predicted octanol–water partition coefficient (Wildman–Crippen LogP) is 2.38. The van der Waals surface area contributed by atoms with Gasteiger partial charge in [-0.15, -0.1) is 11.3 Å². The molecule has 0 aliphatic heterocycles. The maximum atomic E-state index is 5.20. The van der Waals surface area contributed by atoms with Crippen molar-refractivity contribution in [3.63, 3.8) is 0 Å². The molecule has 4 nitrogen and oxygen atoms in total. The Morgan fingerprint density at radius 1 is 1.44 bits per heavy atom. The Bertz CT molecular complexity index is 501. The Labute approximate surface area is 111 Å². The summed E-state index contributed by atoms with van der Waals surface area (Å²) >= 11 is 1.71. The van der Waals surface area contributed by atoms with E-state index in [9.17, 15) is 0 Å². The van der Waals surface area contributed by atoms with Crippen molar-refractivity contribution in [1.29, 1.82) is 0 Å². The van der Waals surface area contributed by atoms with E-state index in [1.54, 1.807) is 24.6 Å². The lowest BCUT2D eigenvalue weighted by Crippen LogP contribution is -2.06. The Morgan fingerprint density at radius 2 is 2.28 bits per heavy atom. The molecule has 0 aliphatic carbocycles. The lowest BCUT2D eigenvalue weighted by atomic mass is 10.2. The first kappa shape index (κ1) is 13.1. The van der Waals surface area contributed by atoms with Crippen LogP contribution in [0.2, 0.25) is 0 Å². The first-order valence-corrected chi connectivity index (χ1v) is 6.61. The summed E-state index contributed by atoms with van der Waals surface area (Å²) in [7, 11) is 3.63. The Balaban J connectivity index is 2.40. The van der Waals surface area contributed by atoms with Gasteiger partial charge < -0.3 is 10.1 Å². The van der Waals surface area contributed by atoms with Gasteiger partial charge in [0.15, 0.2) is 0 Å². The molecule has 0 radical (unpaired) electrons. The summed E-state index contributed by atoms with van der Waals surface area (Å²) in [6.07, 6.45) is 3.67. The number of nitrogens with zero attached hydrogens (tertiary/aromatic N) is 2. The monoisotopic (exact) mass is 263 g/mol. The van der Waals surface area contributed by atoms with Gasteiger partial charge in [0.2, 0.25) is 0 Å². The molecular weight excluding hydrogens is 246 g/mol. The molecule has 18 heavy (non-hydrogen) atoms. The number of hydrogen-bond donors (Lipinski definition) is 1. The van der Waals surface area contributed by atoms with Crippen molar-refractivity contribution < 1.29 is 4.74 Å². The third-order valence-corrected chi connectivity index (χ3v) is 3.78. The molecule has 0 saturated heterocycles. The van der Waals surface area contributed by atoms with Gasteiger partial charge in [0, 0.05) is 36.5 Å². The highest BCUT2D eigenvalue weighted by atomic mass is 32.1. The molecule has 0 bridgehead atoms. The third kappa shape index (κ3) is 2.75. The summed E-state index contributed by atoms with van der Waals surface area (Å²) in [4.78, 5) is 10.0. The van der Waals surface area contributed by atoms with Gasteiger partial charge in [0.25, 0.3) is 0 Å². The van der Waals surface area contributed by atoms with Gasteiger partial charge in [-0.1, -0.05) is 0 Å². The number of thiazole rings is 1. The molecule has 0 saturated carbocycles. The van der Waals surface area contributed by atoms with Gasteiger partial charge in [-0.2, -0.15) is 0 Å². The molecule has 2 aromatic rings. The second-order valence-corrected chi connectivity index (χ2v) is 5.13. The molecule has 96 valence electrons. The predicted molar refractivity (Wildman–Crippen MR) is 73.6 cm³/mol. The van der Waals surface area contributed by atoms with E-state index in [1.807, 2.05) is 19.3 Å². The lowest BCUT2D eigenvalue weighted by Gasteiger charge is -1.99. The lowest BCUT2D eigenvalue weighted by molar-refractivity contribution is 0.181. The van der Waals surface area contributed by atoms with Crippen molar-refractivity contribution in [3.05, 3.63) is 34.6 Å². The SMILES string of the molecule is CNCc1sc(-c2ccncc2C)nc1COC. The minimum Gasteiger partial charge on any atom is -0.378 e. The maximum Gasteiger partial charge on any atom is 0.124 e. The number of aryl methyl sites for hydroxylation is 1. The molecule has 2 aromatic heterocycles. The molecule has 0 amide bonds. The molecule has 0 aromatic carbocycles. The Morgan fingerprint density at radius 3 is 2.94 bits per heavy atom. The summed E-state index contributed by atoms with van der Waals surface area (Å²) in [6, 6.07) is 2.01. The van der Waals surface area contributed by atoms with Gasteiger partial charge in [-0.05, 0) is 25.6 Å². The first-order chi connectivity index (χ1) is 8.76. The molecular formula is C13H17N3OS. The Kier molecular flexibility index (Phi) is 4.41. The summed E-state index contributed by atoms with van der Waals surface area (Å²) in [6.45, 7) is 3.43. The average molecular weight is 263 g/mol. The van der Waals surface area contributed by atoms with Crippen LogP contribution in [0.15, 0.2) is 18.5 Å². The van der Waals surface area contributed by atoms with E-state index in [4.69, 9.17) is 4.74 Å². The van der Waals surface area contributed by atoms with Gasteiger partial charge in [0.1, 0.15) is 5.01 Å². The van der Waals surface area contributed by atoms with Crippen molar-refractivity contribution in [2.45, 2.75) is 20.1 Å². The van der Waals surface area contributed by atoms with Crippen LogP contribution in [0.25, 0.3) is 10.6 Å². The third-order valence-electron chi connectivity index (χ3n) is 2.65. The fraction of sp³-hybridized carbons (Fsp3) is 0.385. The minimum atomic E-state index is 0.553. The molecule has 0 aliphatic rings. The zero-order valence-electron chi connectivity index (χ0n) is 10.9. The van der Waals surface area contributed by atoms with Gasteiger partial charge >= 0.3 is 0 Å². The summed E-state index contributed by atoms with van der Waals surface area (Å²) in [5.74, 6) is 0. The maximum absolute atomic E-state index is 5.20. The van der Waals surface area contributed by atoms with Crippen LogP contribution in [-0.2, 0) is 17.9 Å². The largest absolute Gasteiger partial charge is 0.378 e. The molecule has 2 rings (SSSR count). The molecule has 0 unspecified atom stereocenters. The topological polar surface area (TPSA) is 47.0 Å². The number of methoxy groups -OCH3 is 1. The highest BCUT2D eigenvalue weighted by molar-refractivity contribution is 7.15. The van der Waals surface area contributed by atoms with Crippen molar-refractivity contribution >= 4 is 11.3 Å². The average Bonchev–Trinajstić information content (AvgIpc) is 2.74. The van der Waals surface area contributed by atoms with Crippen LogP contribution in [-0.4, -0.2) is 24.1 Å². The minimum absolute atomic E-state index is 0.553. The van der Waals surface area contributed by atoms with E-state index in [1.165, 1.54) is 4.88 Å². The van der Waals surface area contributed by atoms with Gasteiger partial charge in [-0.3, -0.25) is 4.98 Å². The first-order valence-electron chi connectivity index (χ1n) is 5.79. The van der Waals surface area contributed by atoms with Crippen LogP contribution in [0.1, 0.15) is 16.1 Å². The van der Waals surface area contributed by atoms with Crippen molar-refractivity contribution in [3.8, 4) is 10.6 Å². The van der Waals surface area contributed by atoms with Crippen molar-refractivity contribution in [2.75, 3.05) is 14.2 Å². The smallest absolute Gasteiger partial charge is 0.124 e. The highest BCUT2D eigenvalue weighted by Gasteiger charge is 2.13. The number of pyridine rings is 1. The van der Waals surface area contributed by atoms with Crippen molar-refractivity contribution in [2.24, 2.45) is 0 Å². The molecule has 0 fully saturated rings. The summed E-state index contributed by atoms with van der Waals surface area (Å²) in [5, 5.41) is 4.20. The molecule has 2 heterocycles. The van der Waals surface area contributed by atoms with Crippen molar-refractivity contribution in [1.82, 2.24) is 15.3 Å². The molecule has 1 N–H and O–H groups in total. The Hall–Kier alpha value is -1.30. The molecule has 0 spiro atoms. The van der Waals surface area contributed by atoms with Gasteiger partial charge in [0.05, 0.1) is 12.3 Å². The number of ether oxygens (including phenoxy) is 1. The number of rotatable bonds is 5. The zero-order valence-corrected chi connectivity index (χ0v) is 11.7. The summed E-state index contributed by atoms with van der Waals surface area (Å²) < 4.78 is 5.20. The number of nitrogens with one attached hydrogen (secondary N) is 1. The number of aromatic nitrogens is 2. The van der Waals surface area contributed by atoms with Crippen LogP contribution < -0.4 is 5.32 Å². The van der Waals surface area contributed by atoms with Crippen LogP contribution in [0.3, 0.4) is 0 Å². The van der Waals surface area contributed by atoms with Gasteiger partial charge in [-0.25, -0.2) is 4.98 Å². The quantitative estimate of drug-likeness (QED) is 0.899. The van der Waals surface area contributed by atoms with E-state index in [0.29, 0.717) is 6.61 Å². The summed E-state index contributed by atoms with van der Waals surface area (Å²) in [5.41, 5.74) is 3.31. The second kappa shape index (κ2) is 6.04. The van der Waals surface area contributed by atoms with Crippen LogP contribution in [0.4, 0.5) is 0 Å². The van der Waals surface area contributed by atoms with E-state index in [2.05, 4.69) is 22.2 Å². The highest BCUT2D eigenvalue weighted by Crippen LogP contribution is 2.30. The standard InChI is InChI=1S/C13H17N3OS/c1-9-6-15-5-4-10(9)13-16-11(8-17-3)12(18-13)7-14-2/h4-6,14H,7-8H2,1-3H3. The molecule has 0 atom stereocenters. The number of hydrogen-bond acceptors (Lipinski definition) is 5. The van der Waals surface area contributed by atoms with E-state index in [-0.39, 0.29) is 0 Å². The second-order valence-electron chi connectivity index (χ2n) is 4.04. The zero-order chi connectivity index (χ0) is 13.0. The van der Waals surface area contributed by atoms with E-state index >= 15 is 0 Å². The van der Waals surface area contributed by atoms with E-state index in [0.717, 1.165) is 28.4 Å². The fourth-order valence-electron chi connectivity index (χ4n) is 1.76. The fourth-order valence-corrected chi connectivity index (χ4v) is 2.93. The van der Waals surface area contributed by atoms with Crippen LogP contribution in [0, 0.1) is 6.92 Å². The van der Waals surface area contributed by atoms with Crippen LogP contribution in [0.5, 0.6) is 0 Å².